The predicted octanol–water partition coefficient (Wildman–Crippen LogP) is 4.54. The van der Waals surface area contributed by atoms with Crippen LogP contribution in [0.4, 0.5) is 5.69 Å². The van der Waals surface area contributed by atoms with Gasteiger partial charge in [0.25, 0.3) is 5.91 Å². The number of nitrogen functional groups attached to an aromatic ring is 1. The molecule has 0 unspecified atom stereocenters. The Bertz CT molecular complexity index is 676. The predicted molar refractivity (Wildman–Crippen MR) is 90.2 cm³/mol. The van der Waals surface area contributed by atoms with Crippen LogP contribution in [0.1, 0.15) is 42.3 Å². The number of nitrogens with two attached hydrogens (primary N) is 1. The van der Waals surface area contributed by atoms with Crippen molar-refractivity contribution in [3.8, 4) is 0 Å². The van der Waals surface area contributed by atoms with Crippen LogP contribution in [-0.4, -0.2) is 23.4 Å². The number of fused-ring (bicyclic) bond motifs is 1. The van der Waals surface area contributed by atoms with Crippen molar-refractivity contribution in [2.45, 2.75) is 38.6 Å². The summed E-state index contributed by atoms with van der Waals surface area (Å²) in [5.41, 5.74) is 6.74. The van der Waals surface area contributed by atoms with E-state index in [0.717, 1.165) is 29.5 Å². The second-order valence-corrected chi connectivity index (χ2v) is 6.95. The van der Waals surface area contributed by atoms with Crippen LogP contribution in [0.15, 0.2) is 18.2 Å². The monoisotopic (exact) mass is 322 g/mol. The Morgan fingerprint density at radius 2 is 2.14 bits per heavy atom. The van der Waals surface area contributed by atoms with Gasteiger partial charge in [-0.15, -0.1) is 11.3 Å². The molecule has 1 aliphatic rings. The third kappa shape index (κ3) is 2.51. The number of anilines is 1. The fraction of sp³-hybridized carbons (Fsp3) is 0.438. The van der Waals surface area contributed by atoms with Gasteiger partial charge >= 0.3 is 0 Å². The summed E-state index contributed by atoms with van der Waals surface area (Å²) in [5.74, 6) is 0.0548. The van der Waals surface area contributed by atoms with Gasteiger partial charge in [-0.3, -0.25) is 4.79 Å². The lowest BCUT2D eigenvalue weighted by Gasteiger charge is -2.27. The van der Waals surface area contributed by atoms with Crippen LogP contribution >= 0.6 is 22.9 Å². The van der Waals surface area contributed by atoms with Gasteiger partial charge in [-0.05, 0) is 31.9 Å². The normalized spacial score (nSPS) is 15.7. The molecule has 1 aromatic carbocycles. The first kappa shape index (κ1) is 14.7. The number of amides is 1. The fourth-order valence-electron chi connectivity index (χ4n) is 3.20. The van der Waals surface area contributed by atoms with Gasteiger partial charge in [-0.1, -0.05) is 30.5 Å². The zero-order valence-corrected chi connectivity index (χ0v) is 13.6. The molecular weight excluding hydrogens is 304 g/mol. The average Bonchev–Trinajstić information content (AvgIpc) is 3.09. The van der Waals surface area contributed by atoms with E-state index in [1.54, 1.807) is 0 Å². The van der Waals surface area contributed by atoms with Gasteiger partial charge in [-0.2, -0.15) is 0 Å². The van der Waals surface area contributed by atoms with E-state index >= 15 is 0 Å². The molecule has 1 aliphatic carbocycles. The Morgan fingerprint density at radius 3 is 2.76 bits per heavy atom. The second kappa shape index (κ2) is 5.85. The second-order valence-electron chi connectivity index (χ2n) is 5.49. The number of benzene rings is 1. The Kier molecular flexibility index (Phi) is 4.09. The van der Waals surface area contributed by atoms with Crippen molar-refractivity contribution >= 4 is 44.6 Å². The standard InChI is InChI=1S/C16H19ClN2OS/c1-2-19(10-6-3-4-7-10)16(20)15-14(18)13-11(17)8-5-9-12(13)21-15/h5,8-10H,2-4,6-7,18H2,1H3. The quantitative estimate of drug-likeness (QED) is 0.901. The van der Waals surface area contributed by atoms with E-state index in [0.29, 0.717) is 21.6 Å². The minimum Gasteiger partial charge on any atom is -0.397 e. The number of carbonyl (C=O) groups excluding carboxylic acids is 1. The van der Waals surface area contributed by atoms with E-state index in [4.69, 9.17) is 17.3 Å². The summed E-state index contributed by atoms with van der Waals surface area (Å²) >= 11 is 7.67. The molecule has 3 rings (SSSR count). The number of rotatable bonds is 3. The van der Waals surface area contributed by atoms with Crippen molar-refractivity contribution in [1.29, 1.82) is 0 Å². The molecule has 5 heteroatoms. The van der Waals surface area contributed by atoms with Crippen molar-refractivity contribution < 1.29 is 4.79 Å². The lowest BCUT2D eigenvalue weighted by Crippen LogP contribution is -2.38. The van der Waals surface area contributed by atoms with Gasteiger partial charge in [0.2, 0.25) is 0 Å². The van der Waals surface area contributed by atoms with E-state index in [1.165, 1.54) is 24.2 Å². The van der Waals surface area contributed by atoms with Gasteiger partial charge in [0.1, 0.15) is 4.88 Å². The average molecular weight is 323 g/mol. The minimum atomic E-state index is 0.0548. The van der Waals surface area contributed by atoms with E-state index in [2.05, 4.69) is 0 Å². The molecule has 2 aromatic rings. The van der Waals surface area contributed by atoms with E-state index in [9.17, 15) is 4.79 Å². The van der Waals surface area contributed by atoms with Gasteiger partial charge in [0, 0.05) is 22.7 Å². The molecule has 21 heavy (non-hydrogen) atoms. The van der Waals surface area contributed by atoms with Gasteiger partial charge in [-0.25, -0.2) is 0 Å². The molecule has 1 amide bonds. The molecule has 3 nitrogen and oxygen atoms in total. The maximum absolute atomic E-state index is 12.9. The zero-order valence-electron chi connectivity index (χ0n) is 12.1. The molecule has 1 fully saturated rings. The molecule has 2 N–H and O–H groups in total. The Balaban J connectivity index is 2.00. The molecule has 0 aliphatic heterocycles. The highest BCUT2D eigenvalue weighted by molar-refractivity contribution is 7.21. The smallest absolute Gasteiger partial charge is 0.266 e. The van der Waals surface area contributed by atoms with Crippen LogP contribution in [0.2, 0.25) is 5.02 Å². The summed E-state index contributed by atoms with van der Waals surface area (Å²) in [6.07, 6.45) is 4.63. The first-order chi connectivity index (χ1) is 10.1. The topological polar surface area (TPSA) is 46.3 Å². The van der Waals surface area contributed by atoms with Crippen LogP contribution in [0.25, 0.3) is 10.1 Å². The number of hydrogen-bond donors (Lipinski definition) is 1. The van der Waals surface area contributed by atoms with Crippen molar-refractivity contribution in [2.75, 3.05) is 12.3 Å². The molecular formula is C16H19ClN2OS. The molecule has 0 saturated heterocycles. The van der Waals surface area contributed by atoms with Crippen LogP contribution in [0.5, 0.6) is 0 Å². The van der Waals surface area contributed by atoms with Crippen molar-refractivity contribution in [3.63, 3.8) is 0 Å². The van der Waals surface area contributed by atoms with Gasteiger partial charge < -0.3 is 10.6 Å². The first-order valence-corrected chi connectivity index (χ1v) is 8.60. The SMILES string of the molecule is CCN(C(=O)c1sc2cccc(Cl)c2c1N)C1CCCC1. The number of thiophene rings is 1. The maximum Gasteiger partial charge on any atom is 0.266 e. The largest absolute Gasteiger partial charge is 0.397 e. The van der Waals surface area contributed by atoms with Crippen LogP contribution in [0.3, 0.4) is 0 Å². The third-order valence-corrected chi connectivity index (χ3v) is 5.74. The summed E-state index contributed by atoms with van der Waals surface area (Å²) in [7, 11) is 0. The van der Waals surface area contributed by atoms with Gasteiger partial charge in [0.15, 0.2) is 0 Å². The highest BCUT2D eigenvalue weighted by Crippen LogP contribution is 2.39. The third-order valence-electron chi connectivity index (χ3n) is 4.26. The molecule has 1 saturated carbocycles. The van der Waals surface area contributed by atoms with Gasteiger partial charge in [0.05, 0.1) is 10.7 Å². The number of nitrogens with zero attached hydrogens (tertiary/aromatic N) is 1. The molecule has 1 aromatic heterocycles. The summed E-state index contributed by atoms with van der Waals surface area (Å²) in [4.78, 5) is 15.5. The Hall–Kier alpha value is -1.26. The number of halogens is 1. The van der Waals surface area contributed by atoms with E-state index in [1.807, 2.05) is 30.0 Å². The van der Waals surface area contributed by atoms with E-state index < -0.39 is 0 Å². The first-order valence-electron chi connectivity index (χ1n) is 7.41. The van der Waals surface area contributed by atoms with Crippen molar-refractivity contribution in [1.82, 2.24) is 4.90 Å². The Morgan fingerprint density at radius 1 is 1.43 bits per heavy atom. The maximum atomic E-state index is 12.9. The highest BCUT2D eigenvalue weighted by Gasteiger charge is 2.29. The van der Waals surface area contributed by atoms with Crippen molar-refractivity contribution in [3.05, 3.63) is 28.1 Å². The minimum absolute atomic E-state index is 0.0548. The summed E-state index contributed by atoms with van der Waals surface area (Å²) in [6, 6.07) is 6.03. The summed E-state index contributed by atoms with van der Waals surface area (Å²) < 4.78 is 0.978. The van der Waals surface area contributed by atoms with Crippen LogP contribution in [-0.2, 0) is 0 Å². The zero-order chi connectivity index (χ0) is 15.0. The Labute approximate surface area is 133 Å². The molecule has 1 heterocycles. The number of carbonyl (C=O) groups is 1. The van der Waals surface area contributed by atoms with E-state index in [-0.39, 0.29) is 5.91 Å². The number of hydrogen-bond acceptors (Lipinski definition) is 3. The van der Waals surface area contributed by atoms with Crippen LogP contribution < -0.4 is 5.73 Å². The van der Waals surface area contributed by atoms with Crippen molar-refractivity contribution in [2.24, 2.45) is 0 Å². The molecule has 0 atom stereocenters. The fourth-order valence-corrected chi connectivity index (χ4v) is 4.64. The molecule has 0 radical (unpaired) electrons. The lowest BCUT2D eigenvalue weighted by atomic mass is 10.1. The van der Waals surface area contributed by atoms with Crippen LogP contribution in [0, 0.1) is 0 Å². The molecule has 112 valence electrons. The molecule has 0 spiro atoms. The summed E-state index contributed by atoms with van der Waals surface area (Å²) in [6.45, 7) is 2.76. The molecule has 0 bridgehead atoms. The highest BCUT2D eigenvalue weighted by atomic mass is 35.5. The summed E-state index contributed by atoms with van der Waals surface area (Å²) in [5, 5.41) is 1.43. The lowest BCUT2D eigenvalue weighted by molar-refractivity contribution is 0.0699.